The van der Waals surface area contributed by atoms with Gasteiger partial charge in [0.25, 0.3) is 5.91 Å². The Balaban J connectivity index is 1.49. The van der Waals surface area contributed by atoms with Crippen LogP contribution < -0.4 is 5.32 Å². The van der Waals surface area contributed by atoms with Crippen molar-refractivity contribution in [3.8, 4) is 0 Å². The molecule has 0 atom stereocenters. The molecule has 1 aromatic heterocycles. The first kappa shape index (κ1) is 18.9. The number of fused-ring (bicyclic) bond motifs is 1. The highest BCUT2D eigenvalue weighted by molar-refractivity contribution is 14.1. The van der Waals surface area contributed by atoms with Crippen molar-refractivity contribution in [3.05, 3.63) is 52.1 Å². The first-order valence-corrected chi connectivity index (χ1v) is 10.6. The zero-order valence-corrected chi connectivity index (χ0v) is 17.6. The van der Waals surface area contributed by atoms with Crippen LogP contribution in [0.1, 0.15) is 58.6 Å². The summed E-state index contributed by atoms with van der Waals surface area (Å²) in [6.45, 7) is 5.05. The highest BCUT2D eigenvalue weighted by atomic mass is 127. The molecule has 1 N–H and O–H groups in total. The van der Waals surface area contributed by atoms with E-state index in [1.807, 2.05) is 17.9 Å². The number of carbonyl (C=O) groups is 1. The van der Waals surface area contributed by atoms with Crippen molar-refractivity contribution in [2.75, 3.05) is 19.6 Å². The van der Waals surface area contributed by atoms with Gasteiger partial charge in [-0.3, -0.25) is 4.79 Å². The van der Waals surface area contributed by atoms with Gasteiger partial charge in [-0.2, -0.15) is 5.10 Å². The molecule has 0 aliphatic carbocycles. The van der Waals surface area contributed by atoms with E-state index in [2.05, 4.69) is 33.3 Å². The zero-order valence-electron chi connectivity index (χ0n) is 15.5. The second-order valence-electron chi connectivity index (χ2n) is 7.29. The molecule has 0 bridgehead atoms. The number of hydrogen-bond acceptors (Lipinski definition) is 3. The van der Waals surface area contributed by atoms with Gasteiger partial charge in [-0.05, 0) is 55.3 Å². The lowest BCUT2D eigenvalue weighted by Crippen LogP contribution is -2.39. The van der Waals surface area contributed by atoms with E-state index in [0.717, 1.165) is 54.7 Å². The van der Waals surface area contributed by atoms with Crippen molar-refractivity contribution >= 4 is 28.8 Å². The lowest BCUT2D eigenvalue weighted by molar-refractivity contribution is 0.0705. The molecule has 2 aliphatic rings. The summed E-state index contributed by atoms with van der Waals surface area (Å²) >= 11 is 2.15. The topological polar surface area (TPSA) is 50.2 Å². The molecule has 1 aromatic carbocycles. The maximum absolute atomic E-state index is 14.1. The molecule has 1 fully saturated rings. The number of aromatic nitrogens is 2. The summed E-state index contributed by atoms with van der Waals surface area (Å²) in [5.41, 5.74) is 4.75. The van der Waals surface area contributed by atoms with E-state index in [9.17, 15) is 9.18 Å². The molecule has 0 spiro atoms. The standard InChI is InChI=1S/C20H24FIN4O/c1-2-14-15(4-3-5-17(14)21)13-7-10-25(11-8-13)20(27)19-16-6-9-23-12-18(16)26(22)24-19/h3-5,13,23H,2,6-12H2,1H3. The average molecular weight is 482 g/mol. The minimum atomic E-state index is -0.110. The summed E-state index contributed by atoms with van der Waals surface area (Å²) in [5.74, 6) is 0.248. The van der Waals surface area contributed by atoms with Crippen LogP contribution in [-0.4, -0.2) is 38.4 Å². The van der Waals surface area contributed by atoms with Gasteiger partial charge in [0.2, 0.25) is 0 Å². The van der Waals surface area contributed by atoms with Gasteiger partial charge in [0.15, 0.2) is 5.69 Å². The molecule has 2 aliphatic heterocycles. The van der Waals surface area contributed by atoms with Crippen LogP contribution in [-0.2, 0) is 19.4 Å². The van der Waals surface area contributed by atoms with Crippen molar-refractivity contribution in [2.24, 2.45) is 0 Å². The summed E-state index contributed by atoms with van der Waals surface area (Å²) in [4.78, 5) is 15.0. The lowest BCUT2D eigenvalue weighted by atomic mass is 9.85. The number of rotatable bonds is 3. The Kier molecular flexibility index (Phi) is 5.50. The van der Waals surface area contributed by atoms with Gasteiger partial charge in [0.1, 0.15) is 5.82 Å². The van der Waals surface area contributed by atoms with Gasteiger partial charge in [-0.25, -0.2) is 7.29 Å². The minimum absolute atomic E-state index is 0.0389. The van der Waals surface area contributed by atoms with Crippen LogP contribution in [0.2, 0.25) is 0 Å². The van der Waals surface area contributed by atoms with E-state index >= 15 is 0 Å². The van der Waals surface area contributed by atoms with Crippen LogP contribution in [0.4, 0.5) is 4.39 Å². The normalized spacial score (nSPS) is 17.8. The summed E-state index contributed by atoms with van der Waals surface area (Å²) in [6.07, 6.45) is 3.29. The van der Waals surface area contributed by atoms with Crippen LogP contribution in [0.15, 0.2) is 18.2 Å². The number of halogens is 2. The van der Waals surface area contributed by atoms with Crippen LogP contribution in [0.25, 0.3) is 0 Å². The summed E-state index contributed by atoms with van der Waals surface area (Å²) in [6, 6.07) is 5.39. The number of piperidine rings is 1. The first-order chi connectivity index (χ1) is 13.1. The van der Waals surface area contributed by atoms with Crippen molar-refractivity contribution in [3.63, 3.8) is 0 Å². The van der Waals surface area contributed by atoms with E-state index < -0.39 is 0 Å². The second-order valence-corrected chi connectivity index (χ2v) is 8.20. The molecular formula is C20H24FIN4O. The van der Waals surface area contributed by atoms with Crippen molar-refractivity contribution < 1.29 is 9.18 Å². The van der Waals surface area contributed by atoms with Crippen LogP contribution in [0.3, 0.4) is 0 Å². The molecule has 0 saturated carbocycles. The number of nitrogens with one attached hydrogen (secondary N) is 1. The fourth-order valence-electron chi connectivity index (χ4n) is 4.36. The predicted octanol–water partition coefficient (Wildman–Crippen LogP) is 3.45. The Labute approximate surface area is 172 Å². The molecule has 3 heterocycles. The van der Waals surface area contributed by atoms with E-state index in [1.54, 1.807) is 15.0 Å². The Morgan fingerprint density at radius 2 is 2.15 bits per heavy atom. The Bertz CT molecular complexity index is 858. The second kappa shape index (κ2) is 7.87. The summed E-state index contributed by atoms with van der Waals surface area (Å²) < 4.78 is 15.9. The third-order valence-corrected chi connectivity index (χ3v) is 6.62. The molecule has 144 valence electrons. The smallest absolute Gasteiger partial charge is 0.274 e. The third-order valence-electron chi connectivity index (χ3n) is 5.82. The maximum Gasteiger partial charge on any atom is 0.274 e. The van der Waals surface area contributed by atoms with Gasteiger partial charge in [-0.1, -0.05) is 19.1 Å². The van der Waals surface area contributed by atoms with Gasteiger partial charge in [0, 0.05) is 25.2 Å². The maximum atomic E-state index is 14.1. The number of benzene rings is 1. The van der Waals surface area contributed by atoms with Crippen molar-refractivity contribution in [1.29, 1.82) is 0 Å². The number of amides is 1. The van der Waals surface area contributed by atoms with Crippen LogP contribution >= 0.6 is 22.9 Å². The predicted molar refractivity (Wildman–Crippen MR) is 111 cm³/mol. The molecule has 0 radical (unpaired) electrons. The Morgan fingerprint density at radius 1 is 1.37 bits per heavy atom. The number of likely N-dealkylation sites (tertiary alicyclic amines) is 1. The van der Waals surface area contributed by atoms with E-state index in [1.165, 1.54) is 0 Å². The van der Waals surface area contributed by atoms with Crippen LogP contribution in [0, 0.1) is 5.82 Å². The lowest BCUT2D eigenvalue weighted by Gasteiger charge is -2.33. The average Bonchev–Trinajstić information content (AvgIpc) is 3.04. The van der Waals surface area contributed by atoms with Crippen LogP contribution in [0.5, 0.6) is 0 Å². The fraction of sp³-hybridized carbons (Fsp3) is 0.500. The molecule has 1 amide bonds. The summed E-state index contributed by atoms with van der Waals surface area (Å²) in [7, 11) is 0. The number of hydrogen-bond donors (Lipinski definition) is 1. The molecule has 0 unspecified atom stereocenters. The molecule has 2 aromatic rings. The highest BCUT2D eigenvalue weighted by Crippen LogP contribution is 2.32. The largest absolute Gasteiger partial charge is 0.337 e. The van der Waals surface area contributed by atoms with Crippen molar-refractivity contribution in [2.45, 2.75) is 45.1 Å². The molecule has 5 nitrogen and oxygen atoms in total. The fourth-order valence-corrected chi connectivity index (χ4v) is 5.03. The zero-order chi connectivity index (χ0) is 19.0. The van der Waals surface area contributed by atoms with E-state index in [-0.39, 0.29) is 11.7 Å². The van der Waals surface area contributed by atoms with Gasteiger partial charge in [0.05, 0.1) is 28.6 Å². The Morgan fingerprint density at radius 3 is 2.89 bits per heavy atom. The Hall–Kier alpha value is -1.48. The minimum Gasteiger partial charge on any atom is -0.337 e. The first-order valence-electron chi connectivity index (χ1n) is 9.64. The van der Waals surface area contributed by atoms with E-state index in [4.69, 9.17) is 0 Å². The molecule has 1 saturated heterocycles. The number of nitrogens with zero attached hydrogens (tertiary/aromatic N) is 3. The van der Waals surface area contributed by atoms with Gasteiger partial charge < -0.3 is 10.2 Å². The SMILES string of the molecule is CCc1c(F)cccc1C1CCN(C(=O)c2nn(I)c3c2CCNC3)CC1. The number of carbonyl (C=O) groups excluding carboxylic acids is 1. The molecule has 4 rings (SSSR count). The monoisotopic (exact) mass is 482 g/mol. The molecular weight excluding hydrogens is 458 g/mol. The highest BCUT2D eigenvalue weighted by Gasteiger charge is 2.31. The molecule has 7 heteroatoms. The van der Waals surface area contributed by atoms with Crippen molar-refractivity contribution in [1.82, 2.24) is 18.2 Å². The third kappa shape index (κ3) is 3.51. The summed E-state index contributed by atoms with van der Waals surface area (Å²) in [5, 5.41) is 7.84. The molecule has 27 heavy (non-hydrogen) atoms. The quantitative estimate of drug-likeness (QED) is 0.683. The van der Waals surface area contributed by atoms with Gasteiger partial charge in [-0.15, -0.1) is 0 Å². The van der Waals surface area contributed by atoms with E-state index in [0.29, 0.717) is 31.1 Å². The van der Waals surface area contributed by atoms with Gasteiger partial charge >= 0.3 is 0 Å².